The molecule has 166 valence electrons. The highest BCUT2D eigenvalue weighted by atomic mass is 32.2. The first-order valence-corrected chi connectivity index (χ1v) is 10.9. The second-order valence-corrected chi connectivity index (χ2v) is 7.65. The largest absolute Gasteiger partial charge is 0.493 e. The number of hydrogen-bond acceptors (Lipinski definition) is 7. The van der Waals surface area contributed by atoms with Crippen molar-refractivity contribution in [2.45, 2.75) is 18.4 Å². The van der Waals surface area contributed by atoms with Crippen LogP contribution in [0.3, 0.4) is 0 Å². The number of fused-ring (bicyclic) bond motifs is 1. The van der Waals surface area contributed by atoms with Gasteiger partial charge in [0, 0.05) is 18.0 Å². The molecule has 0 aliphatic carbocycles. The quantitative estimate of drug-likeness (QED) is 0.541. The third kappa shape index (κ3) is 6.71. The zero-order chi connectivity index (χ0) is 22.1. The van der Waals surface area contributed by atoms with Gasteiger partial charge < -0.3 is 29.6 Å². The fourth-order valence-corrected chi connectivity index (χ4v) is 3.60. The van der Waals surface area contributed by atoms with E-state index in [2.05, 4.69) is 10.6 Å². The number of nitrogens with one attached hydrogen (secondary N) is 2. The van der Waals surface area contributed by atoms with Gasteiger partial charge in [0.15, 0.2) is 29.6 Å². The minimum Gasteiger partial charge on any atom is -0.493 e. The van der Waals surface area contributed by atoms with Crippen LogP contribution in [0.4, 0.5) is 0 Å². The smallest absolute Gasteiger partial charge is 0.257 e. The van der Waals surface area contributed by atoms with Crippen molar-refractivity contribution in [2.24, 2.45) is 0 Å². The molecule has 1 aliphatic rings. The van der Waals surface area contributed by atoms with Gasteiger partial charge in [-0.05, 0) is 42.8 Å². The Morgan fingerprint density at radius 3 is 2.58 bits per heavy atom. The van der Waals surface area contributed by atoms with Crippen molar-refractivity contribution in [1.82, 2.24) is 10.6 Å². The van der Waals surface area contributed by atoms with Crippen LogP contribution in [0.2, 0.25) is 0 Å². The lowest BCUT2D eigenvalue weighted by Gasteiger charge is -2.18. The van der Waals surface area contributed by atoms with Gasteiger partial charge in [0.2, 0.25) is 5.91 Å². The van der Waals surface area contributed by atoms with Gasteiger partial charge in [0.1, 0.15) is 13.2 Å². The Hall–Kier alpha value is -3.07. The van der Waals surface area contributed by atoms with E-state index in [1.807, 2.05) is 31.2 Å². The highest BCUT2D eigenvalue weighted by Crippen LogP contribution is 2.34. The minimum atomic E-state index is -0.198. The molecule has 1 heterocycles. The molecule has 1 aliphatic heterocycles. The molecule has 31 heavy (non-hydrogen) atoms. The van der Waals surface area contributed by atoms with E-state index in [9.17, 15) is 9.59 Å². The maximum atomic E-state index is 12.3. The molecule has 0 aromatic heterocycles. The van der Waals surface area contributed by atoms with Crippen LogP contribution < -0.4 is 29.6 Å². The topological polar surface area (TPSA) is 95.1 Å². The molecular formula is C22H26N2O6S. The van der Waals surface area contributed by atoms with Crippen LogP contribution in [0.5, 0.6) is 23.0 Å². The minimum absolute atomic E-state index is 0.0859. The average molecular weight is 447 g/mol. The lowest BCUT2D eigenvalue weighted by atomic mass is 10.2. The monoisotopic (exact) mass is 446 g/mol. The molecule has 9 heteroatoms. The third-order valence-corrected chi connectivity index (χ3v) is 5.33. The standard InChI is InChI=1S/C22H26N2O6S/c1-3-23-21(25)13-30-17-6-4-15(10-19(17)27-2)12-24-22(26)14-31-16-5-7-18-20(11-16)29-9-8-28-18/h4-7,10-11H,3,8-9,12-14H2,1-2H3,(H,23,25)(H,24,26). The van der Waals surface area contributed by atoms with Crippen LogP contribution >= 0.6 is 11.8 Å². The molecule has 3 rings (SSSR count). The van der Waals surface area contributed by atoms with Crippen LogP contribution in [0.25, 0.3) is 0 Å². The summed E-state index contributed by atoms with van der Waals surface area (Å²) in [4.78, 5) is 24.7. The maximum absolute atomic E-state index is 12.3. The molecule has 0 unspecified atom stereocenters. The molecule has 2 aromatic carbocycles. The second-order valence-electron chi connectivity index (χ2n) is 6.60. The summed E-state index contributed by atoms with van der Waals surface area (Å²) in [5.41, 5.74) is 0.861. The maximum Gasteiger partial charge on any atom is 0.257 e. The zero-order valence-corrected chi connectivity index (χ0v) is 18.4. The number of ether oxygens (including phenoxy) is 4. The van der Waals surface area contributed by atoms with E-state index in [0.29, 0.717) is 43.6 Å². The Bertz CT molecular complexity index is 921. The van der Waals surface area contributed by atoms with E-state index in [4.69, 9.17) is 18.9 Å². The molecular weight excluding hydrogens is 420 g/mol. The van der Waals surface area contributed by atoms with Crippen molar-refractivity contribution in [3.63, 3.8) is 0 Å². The van der Waals surface area contributed by atoms with Crippen molar-refractivity contribution >= 4 is 23.6 Å². The molecule has 0 saturated heterocycles. The number of hydrogen-bond donors (Lipinski definition) is 2. The van der Waals surface area contributed by atoms with Crippen molar-refractivity contribution in [1.29, 1.82) is 0 Å². The summed E-state index contributed by atoms with van der Waals surface area (Å²) in [6.07, 6.45) is 0. The summed E-state index contributed by atoms with van der Waals surface area (Å²) < 4.78 is 21.9. The first-order valence-electron chi connectivity index (χ1n) is 9.94. The highest BCUT2D eigenvalue weighted by Gasteiger charge is 2.13. The Balaban J connectivity index is 1.47. The number of rotatable bonds is 10. The van der Waals surface area contributed by atoms with Crippen molar-refractivity contribution in [2.75, 3.05) is 39.2 Å². The van der Waals surface area contributed by atoms with Gasteiger partial charge >= 0.3 is 0 Å². The summed E-state index contributed by atoms with van der Waals surface area (Å²) >= 11 is 1.43. The first-order chi connectivity index (χ1) is 15.1. The summed E-state index contributed by atoms with van der Waals surface area (Å²) in [5.74, 6) is 2.40. The first kappa shape index (κ1) is 22.6. The van der Waals surface area contributed by atoms with E-state index < -0.39 is 0 Å². The summed E-state index contributed by atoms with van der Waals surface area (Å²) in [7, 11) is 1.53. The average Bonchev–Trinajstić information content (AvgIpc) is 2.80. The predicted molar refractivity (Wildman–Crippen MR) is 117 cm³/mol. The normalized spacial score (nSPS) is 12.1. The molecule has 2 N–H and O–H groups in total. The van der Waals surface area contributed by atoms with Gasteiger partial charge in [0.05, 0.1) is 12.9 Å². The van der Waals surface area contributed by atoms with Gasteiger partial charge in [-0.3, -0.25) is 9.59 Å². The molecule has 2 amide bonds. The molecule has 2 aromatic rings. The van der Waals surface area contributed by atoms with E-state index in [0.717, 1.165) is 16.2 Å². The molecule has 0 atom stereocenters. The van der Waals surface area contributed by atoms with Crippen LogP contribution in [-0.4, -0.2) is 51.0 Å². The number of methoxy groups -OCH3 is 1. The Labute approximate surface area is 185 Å². The molecule has 0 spiro atoms. The molecule has 0 fully saturated rings. The van der Waals surface area contributed by atoms with Gasteiger partial charge in [0.25, 0.3) is 5.91 Å². The zero-order valence-electron chi connectivity index (χ0n) is 17.6. The molecule has 0 saturated carbocycles. The number of carbonyl (C=O) groups excluding carboxylic acids is 2. The lowest BCUT2D eigenvalue weighted by molar-refractivity contribution is -0.123. The van der Waals surface area contributed by atoms with Gasteiger partial charge in [-0.25, -0.2) is 0 Å². The van der Waals surface area contributed by atoms with Gasteiger partial charge in [-0.1, -0.05) is 6.07 Å². The number of carbonyl (C=O) groups is 2. The SMILES string of the molecule is CCNC(=O)COc1ccc(CNC(=O)CSc2ccc3c(c2)OCCO3)cc1OC. The number of benzene rings is 2. The van der Waals surface area contributed by atoms with Crippen molar-refractivity contribution in [3.8, 4) is 23.0 Å². The Morgan fingerprint density at radius 2 is 1.81 bits per heavy atom. The van der Waals surface area contributed by atoms with E-state index >= 15 is 0 Å². The third-order valence-electron chi connectivity index (χ3n) is 4.33. The fourth-order valence-electron chi connectivity index (χ4n) is 2.85. The van der Waals surface area contributed by atoms with Crippen LogP contribution in [0.15, 0.2) is 41.3 Å². The van der Waals surface area contributed by atoms with Crippen LogP contribution in [0.1, 0.15) is 12.5 Å². The predicted octanol–water partition coefficient (Wildman–Crippen LogP) is 2.39. The molecule has 0 bridgehead atoms. The van der Waals surface area contributed by atoms with Gasteiger partial charge in [-0.2, -0.15) is 0 Å². The Morgan fingerprint density at radius 1 is 1.00 bits per heavy atom. The number of thioether (sulfide) groups is 1. The van der Waals surface area contributed by atoms with E-state index in [1.54, 1.807) is 12.1 Å². The summed E-state index contributed by atoms with van der Waals surface area (Å²) in [6.45, 7) is 3.74. The van der Waals surface area contributed by atoms with Crippen molar-refractivity contribution in [3.05, 3.63) is 42.0 Å². The molecule has 8 nitrogen and oxygen atoms in total. The van der Waals surface area contributed by atoms with Crippen LogP contribution in [-0.2, 0) is 16.1 Å². The second kappa shape index (κ2) is 11.4. The van der Waals surface area contributed by atoms with Crippen LogP contribution in [0, 0.1) is 0 Å². The summed E-state index contributed by atoms with van der Waals surface area (Å²) in [5, 5.41) is 5.56. The molecule has 0 radical (unpaired) electrons. The number of amides is 2. The lowest BCUT2D eigenvalue weighted by Crippen LogP contribution is -2.28. The van der Waals surface area contributed by atoms with E-state index in [1.165, 1.54) is 18.9 Å². The Kier molecular flexibility index (Phi) is 8.28. The van der Waals surface area contributed by atoms with E-state index in [-0.39, 0.29) is 24.2 Å². The fraction of sp³-hybridized carbons (Fsp3) is 0.364. The van der Waals surface area contributed by atoms with Gasteiger partial charge in [-0.15, -0.1) is 11.8 Å². The summed E-state index contributed by atoms with van der Waals surface area (Å²) in [6, 6.07) is 11.0. The number of likely N-dealkylation sites (N-methyl/N-ethyl adjacent to an activating group) is 1. The van der Waals surface area contributed by atoms with Crippen molar-refractivity contribution < 1.29 is 28.5 Å². The highest BCUT2D eigenvalue weighted by molar-refractivity contribution is 8.00.